The Morgan fingerprint density at radius 3 is 2.26 bits per heavy atom. The molecule has 0 bridgehead atoms. The number of carbonyl (C=O) groups is 2. The molecule has 0 aliphatic carbocycles. The molecular formula is C22H15Cl4N3O2. The minimum atomic E-state index is -0.431. The van der Waals surface area contributed by atoms with Crippen LogP contribution in [0, 0.1) is 0 Å². The lowest BCUT2D eigenvalue weighted by atomic mass is 10.1. The molecule has 0 saturated heterocycles. The van der Waals surface area contributed by atoms with Crippen LogP contribution in [0.1, 0.15) is 33.2 Å². The topological polar surface area (TPSA) is 70.6 Å². The van der Waals surface area contributed by atoms with Gasteiger partial charge in [-0.2, -0.15) is 5.10 Å². The lowest BCUT2D eigenvalue weighted by Gasteiger charge is -2.09. The summed E-state index contributed by atoms with van der Waals surface area (Å²) in [4.78, 5) is 24.8. The molecule has 2 amide bonds. The van der Waals surface area contributed by atoms with Gasteiger partial charge in [-0.25, -0.2) is 5.43 Å². The second-order valence-electron chi connectivity index (χ2n) is 6.43. The van der Waals surface area contributed by atoms with E-state index < -0.39 is 5.91 Å². The zero-order valence-electron chi connectivity index (χ0n) is 16.0. The number of nitrogens with one attached hydrogen (secondary N) is 2. The van der Waals surface area contributed by atoms with E-state index in [0.29, 0.717) is 38.1 Å². The largest absolute Gasteiger partial charge is 0.322 e. The van der Waals surface area contributed by atoms with E-state index in [1.165, 1.54) is 18.2 Å². The number of carbonyl (C=O) groups excluding carboxylic acids is 2. The minimum absolute atomic E-state index is 0.254. The summed E-state index contributed by atoms with van der Waals surface area (Å²) in [6, 6.07) is 16.2. The van der Waals surface area contributed by atoms with Gasteiger partial charge in [-0.3, -0.25) is 9.59 Å². The Bertz CT molecular complexity index is 1200. The highest BCUT2D eigenvalue weighted by Gasteiger charge is 2.12. The van der Waals surface area contributed by atoms with E-state index in [9.17, 15) is 9.59 Å². The van der Waals surface area contributed by atoms with Crippen molar-refractivity contribution in [3.05, 3.63) is 97.4 Å². The molecule has 9 heteroatoms. The van der Waals surface area contributed by atoms with Crippen LogP contribution in [-0.4, -0.2) is 17.5 Å². The smallest absolute Gasteiger partial charge is 0.271 e. The monoisotopic (exact) mass is 493 g/mol. The Hall–Kier alpha value is -2.57. The molecule has 0 saturated carbocycles. The van der Waals surface area contributed by atoms with Gasteiger partial charge < -0.3 is 5.32 Å². The Balaban J connectivity index is 1.71. The quantitative estimate of drug-likeness (QED) is 0.305. The van der Waals surface area contributed by atoms with Crippen LogP contribution in [0.3, 0.4) is 0 Å². The number of hydrogen-bond donors (Lipinski definition) is 2. The SMILES string of the molecule is CC(=NNC(=O)c1ccc(Cl)c(Cl)c1)c1cccc(NC(=O)c2ccc(Cl)cc2Cl)c1. The first-order valence-electron chi connectivity index (χ1n) is 8.91. The summed E-state index contributed by atoms with van der Waals surface area (Å²) < 4.78 is 0. The first-order chi connectivity index (χ1) is 14.7. The predicted octanol–water partition coefficient (Wildman–Crippen LogP) is 6.71. The van der Waals surface area contributed by atoms with Crippen molar-refractivity contribution >= 4 is 69.6 Å². The number of anilines is 1. The number of amides is 2. The fourth-order valence-corrected chi connectivity index (χ4v) is 3.39. The summed E-state index contributed by atoms with van der Waals surface area (Å²) in [6.07, 6.45) is 0. The Labute approximate surface area is 199 Å². The average Bonchev–Trinajstić information content (AvgIpc) is 2.73. The van der Waals surface area contributed by atoms with Crippen LogP contribution in [0.5, 0.6) is 0 Å². The molecule has 0 spiro atoms. The molecule has 0 radical (unpaired) electrons. The third-order valence-corrected chi connectivity index (χ3v) is 5.51. The van der Waals surface area contributed by atoms with E-state index in [4.69, 9.17) is 46.4 Å². The van der Waals surface area contributed by atoms with Crippen LogP contribution < -0.4 is 10.7 Å². The second-order valence-corrected chi connectivity index (χ2v) is 8.08. The van der Waals surface area contributed by atoms with Gasteiger partial charge in [0.25, 0.3) is 11.8 Å². The maximum atomic E-state index is 12.5. The van der Waals surface area contributed by atoms with Crippen molar-refractivity contribution in [3.63, 3.8) is 0 Å². The molecule has 0 heterocycles. The summed E-state index contributed by atoms with van der Waals surface area (Å²) in [5, 5.41) is 8.23. The molecule has 31 heavy (non-hydrogen) atoms. The van der Waals surface area contributed by atoms with Gasteiger partial charge >= 0.3 is 0 Å². The van der Waals surface area contributed by atoms with Gasteiger partial charge in [0.2, 0.25) is 0 Å². The van der Waals surface area contributed by atoms with Gasteiger partial charge in [-0.1, -0.05) is 58.5 Å². The summed E-state index contributed by atoms with van der Waals surface area (Å²) in [5.41, 5.74) is 4.88. The summed E-state index contributed by atoms with van der Waals surface area (Å²) in [5.74, 6) is -0.805. The minimum Gasteiger partial charge on any atom is -0.322 e. The van der Waals surface area contributed by atoms with Crippen LogP contribution in [-0.2, 0) is 0 Å². The zero-order valence-corrected chi connectivity index (χ0v) is 19.1. The highest BCUT2D eigenvalue weighted by atomic mass is 35.5. The van der Waals surface area contributed by atoms with Crippen molar-refractivity contribution in [2.45, 2.75) is 6.92 Å². The first-order valence-corrected chi connectivity index (χ1v) is 10.4. The zero-order chi connectivity index (χ0) is 22.5. The van der Waals surface area contributed by atoms with Gasteiger partial charge in [-0.15, -0.1) is 0 Å². The number of nitrogens with zero attached hydrogens (tertiary/aromatic N) is 1. The number of rotatable bonds is 5. The number of hydrazone groups is 1. The normalized spacial score (nSPS) is 11.2. The molecule has 0 unspecified atom stereocenters. The van der Waals surface area contributed by atoms with Gasteiger partial charge in [0, 0.05) is 16.3 Å². The molecule has 3 aromatic rings. The Morgan fingerprint density at radius 2 is 1.55 bits per heavy atom. The molecule has 3 aromatic carbocycles. The van der Waals surface area contributed by atoms with Gasteiger partial charge in [-0.05, 0) is 61.0 Å². The van der Waals surface area contributed by atoms with Crippen LogP contribution in [0.25, 0.3) is 0 Å². The molecule has 5 nitrogen and oxygen atoms in total. The summed E-state index contributed by atoms with van der Waals surface area (Å²) in [6.45, 7) is 1.73. The average molecular weight is 495 g/mol. The molecule has 0 aliphatic rings. The van der Waals surface area contributed by atoms with E-state index in [1.807, 2.05) is 0 Å². The van der Waals surface area contributed by atoms with Gasteiger partial charge in [0.05, 0.1) is 26.3 Å². The van der Waals surface area contributed by atoms with E-state index in [0.717, 1.165) is 0 Å². The maximum absolute atomic E-state index is 12.5. The van der Waals surface area contributed by atoms with Crippen molar-refractivity contribution in [1.82, 2.24) is 5.43 Å². The number of halogens is 4. The van der Waals surface area contributed by atoms with Crippen molar-refractivity contribution in [2.24, 2.45) is 5.10 Å². The third-order valence-electron chi connectivity index (χ3n) is 4.22. The molecule has 2 N–H and O–H groups in total. The second kappa shape index (κ2) is 10.2. The highest BCUT2D eigenvalue weighted by Crippen LogP contribution is 2.23. The number of benzene rings is 3. The molecule has 0 fully saturated rings. The van der Waals surface area contributed by atoms with Crippen molar-refractivity contribution in [1.29, 1.82) is 0 Å². The fourth-order valence-electron chi connectivity index (χ4n) is 2.60. The highest BCUT2D eigenvalue weighted by molar-refractivity contribution is 6.42. The summed E-state index contributed by atoms with van der Waals surface area (Å²) >= 11 is 23.8. The summed E-state index contributed by atoms with van der Waals surface area (Å²) in [7, 11) is 0. The van der Waals surface area contributed by atoms with Crippen LogP contribution in [0.4, 0.5) is 5.69 Å². The molecule has 0 aromatic heterocycles. The van der Waals surface area contributed by atoms with Crippen molar-refractivity contribution in [3.8, 4) is 0 Å². The first kappa shape index (κ1) is 23.1. The van der Waals surface area contributed by atoms with E-state index >= 15 is 0 Å². The molecule has 3 rings (SSSR count). The van der Waals surface area contributed by atoms with Gasteiger partial charge in [0.15, 0.2) is 0 Å². The fraction of sp³-hybridized carbons (Fsp3) is 0.0455. The van der Waals surface area contributed by atoms with Gasteiger partial charge in [0.1, 0.15) is 0 Å². The third kappa shape index (κ3) is 5.99. The molecule has 158 valence electrons. The van der Waals surface area contributed by atoms with E-state index in [1.54, 1.807) is 49.4 Å². The molecule has 0 aliphatic heterocycles. The van der Waals surface area contributed by atoms with E-state index in [-0.39, 0.29) is 16.0 Å². The standard InChI is InChI=1S/C22H15Cl4N3O2/c1-12(28-29-21(30)14-5-8-18(24)20(26)10-14)13-3-2-4-16(9-13)27-22(31)17-7-6-15(23)11-19(17)25/h2-11H,1H3,(H,27,31)(H,29,30). The molecule has 0 atom stereocenters. The van der Waals surface area contributed by atoms with Crippen LogP contribution >= 0.6 is 46.4 Å². The molecular weight excluding hydrogens is 480 g/mol. The number of hydrogen-bond acceptors (Lipinski definition) is 3. The maximum Gasteiger partial charge on any atom is 0.271 e. The Kier molecular flexibility index (Phi) is 7.57. The lowest BCUT2D eigenvalue weighted by molar-refractivity contribution is 0.0954. The van der Waals surface area contributed by atoms with E-state index in [2.05, 4.69) is 15.8 Å². The van der Waals surface area contributed by atoms with Crippen molar-refractivity contribution < 1.29 is 9.59 Å². The lowest BCUT2D eigenvalue weighted by Crippen LogP contribution is -2.19. The van der Waals surface area contributed by atoms with Crippen LogP contribution in [0.2, 0.25) is 20.1 Å². The predicted molar refractivity (Wildman–Crippen MR) is 127 cm³/mol. The van der Waals surface area contributed by atoms with Crippen molar-refractivity contribution in [2.75, 3.05) is 5.32 Å². The van der Waals surface area contributed by atoms with Crippen LogP contribution in [0.15, 0.2) is 65.8 Å². The Morgan fingerprint density at radius 1 is 0.774 bits per heavy atom.